The van der Waals surface area contributed by atoms with Crippen molar-refractivity contribution < 1.29 is 9.52 Å². The molecule has 16 heavy (non-hydrogen) atoms. The first-order valence-electron chi connectivity index (χ1n) is 4.96. The molecule has 0 saturated carbocycles. The molecule has 1 aromatic heterocycles. The van der Waals surface area contributed by atoms with Crippen LogP contribution in [-0.4, -0.2) is 11.7 Å². The zero-order valence-corrected chi connectivity index (χ0v) is 10.7. The summed E-state index contributed by atoms with van der Waals surface area (Å²) in [5.74, 6) is 0.581. The standard InChI is InChI=1S/C12H12INO2/c13-9-3-5-10(6-4-9)14-8-11(15)12-2-1-7-16-12/h1-7,11,14-15H,8H2. The fourth-order valence-corrected chi connectivity index (χ4v) is 1.72. The van der Waals surface area contributed by atoms with Crippen LogP contribution in [0.2, 0.25) is 0 Å². The van der Waals surface area contributed by atoms with Crippen molar-refractivity contribution in [1.82, 2.24) is 0 Å². The largest absolute Gasteiger partial charge is 0.467 e. The van der Waals surface area contributed by atoms with Crippen LogP contribution in [0.15, 0.2) is 47.1 Å². The second-order valence-electron chi connectivity index (χ2n) is 3.42. The van der Waals surface area contributed by atoms with Gasteiger partial charge in [-0.1, -0.05) is 0 Å². The number of benzene rings is 1. The second-order valence-corrected chi connectivity index (χ2v) is 4.66. The van der Waals surface area contributed by atoms with Gasteiger partial charge in [0.05, 0.1) is 6.26 Å². The summed E-state index contributed by atoms with van der Waals surface area (Å²) in [6, 6.07) is 11.5. The molecule has 3 nitrogen and oxygen atoms in total. The van der Waals surface area contributed by atoms with Crippen LogP contribution in [0.1, 0.15) is 11.9 Å². The van der Waals surface area contributed by atoms with Gasteiger partial charge < -0.3 is 14.8 Å². The molecule has 0 saturated heterocycles. The normalized spacial score (nSPS) is 12.4. The molecule has 1 unspecified atom stereocenters. The van der Waals surface area contributed by atoms with E-state index >= 15 is 0 Å². The molecule has 4 heteroatoms. The molecular weight excluding hydrogens is 317 g/mol. The van der Waals surface area contributed by atoms with E-state index in [2.05, 4.69) is 27.9 Å². The maximum atomic E-state index is 9.77. The fraction of sp³-hybridized carbons (Fsp3) is 0.167. The van der Waals surface area contributed by atoms with E-state index in [1.165, 1.54) is 3.57 Å². The van der Waals surface area contributed by atoms with Crippen molar-refractivity contribution in [1.29, 1.82) is 0 Å². The average molecular weight is 329 g/mol. The summed E-state index contributed by atoms with van der Waals surface area (Å²) in [5.41, 5.74) is 0.992. The SMILES string of the molecule is OC(CNc1ccc(I)cc1)c1ccco1. The molecule has 1 heterocycles. The maximum absolute atomic E-state index is 9.77. The first kappa shape index (κ1) is 11.5. The van der Waals surface area contributed by atoms with Crippen LogP contribution in [-0.2, 0) is 0 Å². The van der Waals surface area contributed by atoms with Crippen molar-refractivity contribution in [3.8, 4) is 0 Å². The molecule has 0 radical (unpaired) electrons. The number of furan rings is 1. The highest BCUT2D eigenvalue weighted by molar-refractivity contribution is 14.1. The highest BCUT2D eigenvalue weighted by Gasteiger charge is 2.09. The Morgan fingerprint density at radius 1 is 1.25 bits per heavy atom. The quantitative estimate of drug-likeness (QED) is 0.848. The summed E-state index contributed by atoms with van der Waals surface area (Å²) in [4.78, 5) is 0. The van der Waals surface area contributed by atoms with Crippen molar-refractivity contribution >= 4 is 28.3 Å². The summed E-state index contributed by atoms with van der Waals surface area (Å²) < 4.78 is 6.30. The number of aliphatic hydroxyl groups is 1. The number of anilines is 1. The molecule has 1 aromatic carbocycles. The molecule has 0 aliphatic carbocycles. The first-order chi connectivity index (χ1) is 7.75. The summed E-state index contributed by atoms with van der Waals surface area (Å²) >= 11 is 2.25. The Balaban J connectivity index is 1.90. The number of halogens is 1. The first-order valence-corrected chi connectivity index (χ1v) is 6.04. The Hall–Kier alpha value is -1.01. The van der Waals surface area contributed by atoms with Gasteiger partial charge in [-0.25, -0.2) is 0 Å². The van der Waals surface area contributed by atoms with E-state index in [0.29, 0.717) is 12.3 Å². The van der Waals surface area contributed by atoms with Crippen molar-refractivity contribution in [2.24, 2.45) is 0 Å². The van der Waals surface area contributed by atoms with Gasteiger partial charge in [0.2, 0.25) is 0 Å². The molecule has 0 aliphatic heterocycles. The minimum atomic E-state index is -0.616. The van der Waals surface area contributed by atoms with E-state index in [1.807, 2.05) is 24.3 Å². The molecule has 0 aliphatic rings. The molecule has 2 rings (SSSR count). The summed E-state index contributed by atoms with van der Waals surface area (Å²) in [5, 5.41) is 12.9. The topological polar surface area (TPSA) is 45.4 Å². The number of nitrogens with one attached hydrogen (secondary N) is 1. The molecule has 0 spiro atoms. The van der Waals surface area contributed by atoms with Gasteiger partial charge in [0, 0.05) is 15.8 Å². The average Bonchev–Trinajstić information content (AvgIpc) is 2.81. The summed E-state index contributed by atoms with van der Waals surface area (Å²) in [6.45, 7) is 0.439. The molecule has 2 N–H and O–H groups in total. The van der Waals surface area contributed by atoms with Crippen molar-refractivity contribution in [3.05, 3.63) is 52.0 Å². The lowest BCUT2D eigenvalue weighted by Gasteiger charge is -2.10. The van der Waals surface area contributed by atoms with Crippen LogP contribution in [0.4, 0.5) is 5.69 Å². The van der Waals surface area contributed by atoms with Crippen LogP contribution < -0.4 is 5.32 Å². The fourth-order valence-electron chi connectivity index (χ4n) is 1.36. The third kappa shape index (κ3) is 2.99. The number of aliphatic hydroxyl groups excluding tert-OH is 1. The third-order valence-electron chi connectivity index (χ3n) is 2.22. The van der Waals surface area contributed by atoms with Gasteiger partial charge in [0.1, 0.15) is 11.9 Å². The van der Waals surface area contributed by atoms with E-state index in [9.17, 15) is 5.11 Å². The zero-order valence-electron chi connectivity index (χ0n) is 8.56. The van der Waals surface area contributed by atoms with E-state index in [-0.39, 0.29) is 0 Å². The van der Waals surface area contributed by atoms with E-state index in [1.54, 1.807) is 18.4 Å². The number of hydrogen-bond acceptors (Lipinski definition) is 3. The van der Waals surface area contributed by atoms with Crippen LogP contribution in [0.5, 0.6) is 0 Å². The molecule has 0 bridgehead atoms. The van der Waals surface area contributed by atoms with Gasteiger partial charge in [-0.3, -0.25) is 0 Å². The van der Waals surface area contributed by atoms with Gasteiger partial charge in [-0.15, -0.1) is 0 Å². The lowest BCUT2D eigenvalue weighted by Crippen LogP contribution is -2.11. The highest BCUT2D eigenvalue weighted by atomic mass is 127. The number of rotatable bonds is 4. The van der Waals surface area contributed by atoms with Crippen molar-refractivity contribution in [2.45, 2.75) is 6.10 Å². The van der Waals surface area contributed by atoms with Crippen LogP contribution in [0.25, 0.3) is 0 Å². The van der Waals surface area contributed by atoms with Crippen molar-refractivity contribution in [3.63, 3.8) is 0 Å². The number of hydrogen-bond donors (Lipinski definition) is 2. The predicted molar refractivity (Wildman–Crippen MR) is 71.3 cm³/mol. The van der Waals surface area contributed by atoms with Gasteiger partial charge in [0.15, 0.2) is 0 Å². The Bertz CT molecular complexity index is 425. The molecule has 2 aromatic rings. The van der Waals surface area contributed by atoms with Crippen LogP contribution in [0.3, 0.4) is 0 Å². The summed E-state index contributed by atoms with van der Waals surface area (Å²) in [7, 11) is 0. The lowest BCUT2D eigenvalue weighted by molar-refractivity contribution is 0.162. The zero-order chi connectivity index (χ0) is 11.4. The van der Waals surface area contributed by atoms with E-state index in [4.69, 9.17) is 4.42 Å². The van der Waals surface area contributed by atoms with Gasteiger partial charge in [0.25, 0.3) is 0 Å². The monoisotopic (exact) mass is 329 g/mol. The smallest absolute Gasteiger partial charge is 0.134 e. The van der Waals surface area contributed by atoms with Gasteiger partial charge >= 0.3 is 0 Å². The molecule has 84 valence electrons. The lowest BCUT2D eigenvalue weighted by atomic mass is 10.2. The van der Waals surface area contributed by atoms with Crippen molar-refractivity contribution in [2.75, 3.05) is 11.9 Å². The highest BCUT2D eigenvalue weighted by Crippen LogP contribution is 2.15. The molecular formula is C12H12INO2. The Labute approximate surface area is 108 Å². The Morgan fingerprint density at radius 2 is 2.00 bits per heavy atom. The minimum absolute atomic E-state index is 0.439. The maximum Gasteiger partial charge on any atom is 0.134 e. The third-order valence-corrected chi connectivity index (χ3v) is 2.93. The molecule has 1 atom stereocenters. The second kappa shape index (κ2) is 5.36. The van der Waals surface area contributed by atoms with E-state index in [0.717, 1.165) is 5.69 Å². The predicted octanol–water partition coefficient (Wildman–Crippen LogP) is 3.03. The molecule has 0 fully saturated rings. The van der Waals surface area contributed by atoms with Crippen LogP contribution in [0, 0.1) is 3.57 Å². The Morgan fingerprint density at radius 3 is 2.62 bits per heavy atom. The minimum Gasteiger partial charge on any atom is -0.467 e. The van der Waals surface area contributed by atoms with E-state index < -0.39 is 6.10 Å². The summed E-state index contributed by atoms with van der Waals surface area (Å²) in [6.07, 6.45) is 0.943. The molecule has 0 amide bonds. The Kier molecular flexibility index (Phi) is 3.84. The van der Waals surface area contributed by atoms with Crippen LogP contribution >= 0.6 is 22.6 Å². The van der Waals surface area contributed by atoms with Gasteiger partial charge in [-0.05, 0) is 59.0 Å². The van der Waals surface area contributed by atoms with Gasteiger partial charge in [-0.2, -0.15) is 0 Å².